The molecule has 1 aromatic carbocycles. The van der Waals surface area contributed by atoms with Gasteiger partial charge < -0.3 is 19.5 Å². The number of hydrogen-bond acceptors (Lipinski definition) is 4. The van der Waals surface area contributed by atoms with Gasteiger partial charge >= 0.3 is 0 Å². The smallest absolute Gasteiger partial charge is 0.180 e. The Morgan fingerprint density at radius 1 is 1.52 bits per heavy atom. The predicted molar refractivity (Wildman–Crippen MR) is 84.4 cm³/mol. The Morgan fingerprint density at radius 2 is 2.38 bits per heavy atom. The number of methoxy groups -OCH3 is 1. The van der Waals surface area contributed by atoms with Crippen LogP contribution in [0.4, 0.5) is 0 Å². The first-order chi connectivity index (χ1) is 10.2. The average Bonchev–Trinajstić information content (AvgIpc) is 2.99. The number of benzene rings is 1. The Labute approximate surface area is 131 Å². The Kier molecular flexibility index (Phi) is 6.36. The molecule has 1 unspecified atom stereocenters. The van der Waals surface area contributed by atoms with E-state index in [9.17, 15) is 0 Å². The van der Waals surface area contributed by atoms with E-state index in [2.05, 4.69) is 11.9 Å². The summed E-state index contributed by atoms with van der Waals surface area (Å²) in [5, 5.41) is 3.94. The van der Waals surface area contributed by atoms with Crippen molar-refractivity contribution < 1.29 is 14.2 Å². The van der Waals surface area contributed by atoms with Gasteiger partial charge in [-0.15, -0.1) is 0 Å². The normalized spacial score (nSPS) is 17.7. The van der Waals surface area contributed by atoms with Crippen molar-refractivity contribution in [3.63, 3.8) is 0 Å². The lowest BCUT2D eigenvalue weighted by atomic mass is 10.2. The van der Waals surface area contributed by atoms with E-state index in [0.29, 0.717) is 29.2 Å². The van der Waals surface area contributed by atoms with E-state index in [4.69, 9.17) is 25.8 Å². The van der Waals surface area contributed by atoms with Crippen LogP contribution in [0.15, 0.2) is 24.8 Å². The molecule has 0 amide bonds. The summed E-state index contributed by atoms with van der Waals surface area (Å²) in [6.45, 7) is 6.47. The van der Waals surface area contributed by atoms with Gasteiger partial charge in [-0.2, -0.15) is 0 Å². The van der Waals surface area contributed by atoms with Gasteiger partial charge in [0.2, 0.25) is 0 Å². The van der Waals surface area contributed by atoms with Crippen molar-refractivity contribution in [1.29, 1.82) is 0 Å². The van der Waals surface area contributed by atoms with Gasteiger partial charge in [0.25, 0.3) is 0 Å². The van der Waals surface area contributed by atoms with Crippen LogP contribution in [0.1, 0.15) is 18.4 Å². The summed E-state index contributed by atoms with van der Waals surface area (Å²) in [6, 6.07) is 3.83. The van der Waals surface area contributed by atoms with E-state index in [0.717, 1.165) is 38.1 Å². The summed E-state index contributed by atoms with van der Waals surface area (Å²) in [7, 11) is 1.61. The minimum atomic E-state index is 0.331. The van der Waals surface area contributed by atoms with Crippen LogP contribution in [-0.2, 0) is 11.3 Å². The van der Waals surface area contributed by atoms with Gasteiger partial charge in [0.05, 0.1) is 18.2 Å². The second-order valence-electron chi connectivity index (χ2n) is 4.97. The highest BCUT2D eigenvalue weighted by Crippen LogP contribution is 2.36. The van der Waals surface area contributed by atoms with E-state index in [1.54, 1.807) is 13.2 Å². The monoisotopic (exact) mass is 311 g/mol. The van der Waals surface area contributed by atoms with E-state index < -0.39 is 0 Å². The molecule has 1 fully saturated rings. The maximum absolute atomic E-state index is 6.26. The molecule has 21 heavy (non-hydrogen) atoms. The highest BCUT2D eigenvalue weighted by Gasteiger charge is 2.15. The van der Waals surface area contributed by atoms with Crippen LogP contribution in [0.2, 0.25) is 5.02 Å². The molecule has 4 nitrogen and oxygen atoms in total. The third-order valence-electron chi connectivity index (χ3n) is 3.36. The van der Waals surface area contributed by atoms with E-state index in [-0.39, 0.29) is 0 Å². The lowest BCUT2D eigenvalue weighted by Crippen LogP contribution is -2.25. The largest absolute Gasteiger partial charge is 0.493 e. The predicted octanol–water partition coefficient (Wildman–Crippen LogP) is 3.18. The first-order valence-corrected chi connectivity index (χ1v) is 7.54. The van der Waals surface area contributed by atoms with Crippen molar-refractivity contribution in [3.05, 3.63) is 35.4 Å². The Bertz CT molecular complexity index is 473. The third-order valence-corrected chi connectivity index (χ3v) is 3.64. The maximum Gasteiger partial charge on any atom is 0.180 e. The summed E-state index contributed by atoms with van der Waals surface area (Å²) >= 11 is 6.26. The summed E-state index contributed by atoms with van der Waals surface area (Å²) in [4.78, 5) is 0. The van der Waals surface area contributed by atoms with Crippen LogP contribution in [0.3, 0.4) is 0 Å². The zero-order valence-electron chi connectivity index (χ0n) is 12.4. The SMILES string of the molecule is C=CCOc1c(Cl)cc(CNCC2CCCO2)cc1OC. The van der Waals surface area contributed by atoms with Crippen molar-refractivity contribution in [2.24, 2.45) is 0 Å². The Hall–Kier alpha value is -1.23. The fraction of sp³-hybridized carbons (Fsp3) is 0.500. The van der Waals surface area contributed by atoms with E-state index in [1.807, 2.05) is 12.1 Å². The molecular formula is C16H22ClNO3. The van der Waals surface area contributed by atoms with Crippen molar-refractivity contribution in [3.8, 4) is 11.5 Å². The quantitative estimate of drug-likeness (QED) is 0.749. The lowest BCUT2D eigenvalue weighted by molar-refractivity contribution is 0.110. The van der Waals surface area contributed by atoms with Gasteiger partial charge in [-0.3, -0.25) is 0 Å². The minimum absolute atomic E-state index is 0.331. The van der Waals surface area contributed by atoms with Crippen molar-refractivity contribution in [2.75, 3.05) is 26.9 Å². The first-order valence-electron chi connectivity index (χ1n) is 7.17. The lowest BCUT2D eigenvalue weighted by Gasteiger charge is -2.14. The van der Waals surface area contributed by atoms with Crippen molar-refractivity contribution in [1.82, 2.24) is 5.32 Å². The topological polar surface area (TPSA) is 39.7 Å². The molecule has 1 N–H and O–H groups in total. The van der Waals surface area contributed by atoms with Crippen molar-refractivity contribution >= 4 is 11.6 Å². The van der Waals surface area contributed by atoms with E-state index in [1.165, 1.54) is 0 Å². The molecule has 0 saturated carbocycles. The molecule has 0 aromatic heterocycles. The van der Waals surface area contributed by atoms with Gasteiger partial charge in [0, 0.05) is 19.7 Å². The second kappa shape index (κ2) is 8.27. The van der Waals surface area contributed by atoms with E-state index >= 15 is 0 Å². The highest BCUT2D eigenvalue weighted by molar-refractivity contribution is 6.32. The summed E-state index contributed by atoms with van der Waals surface area (Å²) in [5.41, 5.74) is 1.06. The first kappa shape index (κ1) is 16.1. The number of ether oxygens (including phenoxy) is 3. The van der Waals surface area contributed by atoms with Gasteiger partial charge in [0.15, 0.2) is 11.5 Å². The molecule has 0 spiro atoms. The molecule has 0 bridgehead atoms. The molecule has 1 aliphatic rings. The zero-order chi connectivity index (χ0) is 15.1. The second-order valence-corrected chi connectivity index (χ2v) is 5.38. The molecule has 1 saturated heterocycles. The fourth-order valence-corrected chi connectivity index (χ4v) is 2.63. The van der Waals surface area contributed by atoms with Gasteiger partial charge in [0.1, 0.15) is 6.61 Å². The zero-order valence-corrected chi connectivity index (χ0v) is 13.1. The van der Waals surface area contributed by atoms with Crippen LogP contribution in [0.25, 0.3) is 0 Å². The molecular weight excluding hydrogens is 290 g/mol. The Morgan fingerprint density at radius 3 is 3.05 bits per heavy atom. The molecule has 5 heteroatoms. The average molecular weight is 312 g/mol. The van der Waals surface area contributed by atoms with Crippen LogP contribution in [0, 0.1) is 0 Å². The summed E-state index contributed by atoms with van der Waals surface area (Å²) in [5.74, 6) is 1.19. The summed E-state index contributed by atoms with van der Waals surface area (Å²) in [6.07, 6.45) is 4.29. The third kappa shape index (κ3) is 4.63. The number of halogens is 1. The number of hydrogen-bond donors (Lipinski definition) is 1. The highest BCUT2D eigenvalue weighted by atomic mass is 35.5. The van der Waals surface area contributed by atoms with Crippen LogP contribution >= 0.6 is 11.6 Å². The van der Waals surface area contributed by atoms with Gasteiger partial charge in [-0.1, -0.05) is 24.3 Å². The van der Waals surface area contributed by atoms with Gasteiger partial charge in [-0.05, 0) is 30.5 Å². The maximum atomic E-state index is 6.26. The summed E-state index contributed by atoms with van der Waals surface area (Å²) < 4.78 is 16.5. The Balaban J connectivity index is 1.96. The minimum Gasteiger partial charge on any atom is -0.493 e. The molecule has 0 aliphatic carbocycles. The molecule has 1 atom stereocenters. The van der Waals surface area contributed by atoms with Crippen LogP contribution in [0.5, 0.6) is 11.5 Å². The molecule has 0 radical (unpaired) electrons. The molecule has 116 valence electrons. The van der Waals surface area contributed by atoms with Crippen LogP contribution in [-0.4, -0.2) is 33.0 Å². The standard InChI is InChI=1S/C16H22ClNO3/c1-3-6-21-16-14(17)8-12(9-15(16)19-2)10-18-11-13-5-4-7-20-13/h3,8-9,13,18H,1,4-7,10-11H2,2H3. The molecule has 1 aromatic rings. The number of nitrogens with one attached hydrogen (secondary N) is 1. The van der Waals surface area contributed by atoms with Gasteiger partial charge in [-0.25, -0.2) is 0 Å². The molecule has 1 aliphatic heterocycles. The van der Waals surface area contributed by atoms with Crippen molar-refractivity contribution in [2.45, 2.75) is 25.5 Å². The molecule has 1 heterocycles. The fourth-order valence-electron chi connectivity index (χ4n) is 2.34. The van der Waals surface area contributed by atoms with Crippen LogP contribution < -0.4 is 14.8 Å². The number of rotatable bonds is 8. The molecule has 2 rings (SSSR count).